The molecule has 0 aromatic heterocycles. The van der Waals surface area contributed by atoms with Crippen LogP contribution in [0.4, 0.5) is 0 Å². The van der Waals surface area contributed by atoms with E-state index in [0.717, 1.165) is 30.9 Å². The molecule has 2 aliphatic heterocycles. The summed E-state index contributed by atoms with van der Waals surface area (Å²) in [5, 5.41) is 0. The van der Waals surface area contributed by atoms with E-state index in [9.17, 15) is 0 Å². The number of aliphatic imine (C=N–C) groups is 4. The largest absolute Gasteiger partial charge is 0.309 e. The lowest BCUT2D eigenvalue weighted by atomic mass is 10.1. The molecule has 0 aromatic carbocycles. The Morgan fingerprint density at radius 2 is 2.13 bits per heavy atom. The highest BCUT2D eigenvalue weighted by Crippen LogP contribution is 2.12. The predicted octanol–water partition coefficient (Wildman–Crippen LogP) is 0.620. The average molecular weight is 205 g/mol. The summed E-state index contributed by atoms with van der Waals surface area (Å²) in [6.07, 6.45) is 5.21. The van der Waals surface area contributed by atoms with E-state index in [1.807, 2.05) is 0 Å². The summed E-state index contributed by atoms with van der Waals surface area (Å²) in [6.45, 7) is 1.07. The number of rotatable bonds is 4. The summed E-state index contributed by atoms with van der Waals surface area (Å²) < 4.78 is 0. The van der Waals surface area contributed by atoms with E-state index < -0.39 is 0 Å². The minimum absolute atomic E-state index is 0.00263. The first-order valence-corrected chi connectivity index (χ1v) is 5.10. The van der Waals surface area contributed by atoms with E-state index in [2.05, 4.69) is 39.0 Å². The molecule has 0 aromatic rings. The van der Waals surface area contributed by atoms with Crippen LogP contribution in [0.15, 0.2) is 20.0 Å². The van der Waals surface area contributed by atoms with Crippen LogP contribution in [-0.2, 0) is 0 Å². The van der Waals surface area contributed by atoms with E-state index in [-0.39, 0.29) is 6.04 Å². The molecule has 0 N–H and O–H groups in total. The van der Waals surface area contributed by atoms with Gasteiger partial charge in [-0.25, -0.2) is 15.0 Å². The molecule has 0 spiro atoms. The van der Waals surface area contributed by atoms with Gasteiger partial charge in [0.05, 0.1) is 5.71 Å². The van der Waals surface area contributed by atoms with Crippen molar-refractivity contribution in [2.45, 2.75) is 18.9 Å². The Hall–Kier alpha value is -1.36. The van der Waals surface area contributed by atoms with Gasteiger partial charge in [0.15, 0.2) is 5.84 Å². The van der Waals surface area contributed by atoms with Gasteiger partial charge in [0.1, 0.15) is 18.7 Å². The van der Waals surface area contributed by atoms with Crippen LogP contribution in [-0.4, -0.2) is 55.8 Å². The first-order chi connectivity index (χ1) is 7.27. The normalized spacial score (nSPS) is 23.0. The molecule has 0 fully saturated rings. The lowest BCUT2D eigenvalue weighted by molar-refractivity contribution is 0.403. The fourth-order valence-electron chi connectivity index (χ4n) is 1.65. The standard InChI is InChI=1S/C10H15N5/c1-15(2)5-3-4-8-9-10(13-6-11-8)14-7-12-9/h6-7,9H,3-5H2,1-2H3. The van der Waals surface area contributed by atoms with Crippen LogP contribution in [0.1, 0.15) is 12.8 Å². The molecule has 0 saturated heterocycles. The smallest absolute Gasteiger partial charge is 0.162 e. The zero-order chi connectivity index (χ0) is 10.7. The number of fused-ring (bicyclic) bond motifs is 1. The predicted molar refractivity (Wildman–Crippen MR) is 63.4 cm³/mol. The van der Waals surface area contributed by atoms with E-state index in [1.165, 1.54) is 0 Å². The van der Waals surface area contributed by atoms with E-state index in [0.29, 0.717) is 0 Å². The second-order valence-electron chi connectivity index (χ2n) is 3.93. The maximum absolute atomic E-state index is 4.28. The molecule has 0 saturated carbocycles. The number of hydrogen-bond donors (Lipinski definition) is 0. The third kappa shape index (κ3) is 2.36. The molecule has 1 atom stereocenters. The Kier molecular flexibility index (Phi) is 3.01. The van der Waals surface area contributed by atoms with Crippen LogP contribution in [0.5, 0.6) is 0 Å². The second kappa shape index (κ2) is 4.44. The summed E-state index contributed by atoms with van der Waals surface area (Å²) in [6, 6.07) is -0.00263. The van der Waals surface area contributed by atoms with Crippen molar-refractivity contribution in [2.24, 2.45) is 20.0 Å². The minimum atomic E-state index is -0.00263. The lowest BCUT2D eigenvalue weighted by Crippen LogP contribution is -2.28. The van der Waals surface area contributed by atoms with Crippen LogP contribution in [0, 0.1) is 0 Å². The van der Waals surface area contributed by atoms with E-state index >= 15 is 0 Å². The first-order valence-electron chi connectivity index (χ1n) is 5.10. The quantitative estimate of drug-likeness (QED) is 0.663. The van der Waals surface area contributed by atoms with Crippen molar-refractivity contribution < 1.29 is 0 Å². The van der Waals surface area contributed by atoms with Crippen molar-refractivity contribution in [1.29, 1.82) is 0 Å². The fraction of sp³-hybridized carbons (Fsp3) is 0.600. The van der Waals surface area contributed by atoms with Crippen LogP contribution in [0.2, 0.25) is 0 Å². The molecule has 2 heterocycles. The SMILES string of the molecule is CN(C)CCCC1=NC=NC2=NC=NC12. The summed E-state index contributed by atoms with van der Waals surface area (Å²) in [5.41, 5.74) is 1.08. The van der Waals surface area contributed by atoms with E-state index in [1.54, 1.807) is 12.7 Å². The molecule has 5 heteroatoms. The first kappa shape index (κ1) is 10.2. The molecule has 15 heavy (non-hydrogen) atoms. The zero-order valence-electron chi connectivity index (χ0n) is 9.09. The molecule has 2 rings (SSSR count). The van der Waals surface area contributed by atoms with Crippen molar-refractivity contribution in [1.82, 2.24) is 4.90 Å². The number of amidine groups is 1. The highest BCUT2D eigenvalue weighted by atomic mass is 15.1. The van der Waals surface area contributed by atoms with Gasteiger partial charge in [-0.3, -0.25) is 4.99 Å². The molecule has 1 unspecified atom stereocenters. The monoisotopic (exact) mass is 205 g/mol. The van der Waals surface area contributed by atoms with Crippen molar-refractivity contribution in [3.8, 4) is 0 Å². The third-order valence-electron chi connectivity index (χ3n) is 2.42. The molecular weight excluding hydrogens is 190 g/mol. The summed E-state index contributed by atoms with van der Waals surface area (Å²) >= 11 is 0. The van der Waals surface area contributed by atoms with Crippen LogP contribution in [0.3, 0.4) is 0 Å². The summed E-state index contributed by atoms with van der Waals surface area (Å²) in [5.74, 6) is 0.782. The molecule has 0 bridgehead atoms. The molecule has 2 aliphatic rings. The van der Waals surface area contributed by atoms with Crippen molar-refractivity contribution >= 4 is 24.2 Å². The van der Waals surface area contributed by atoms with Gasteiger partial charge >= 0.3 is 0 Å². The van der Waals surface area contributed by atoms with Gasteiger partial charge in [-0.1, -0.05) is 0 Å². The topological polar surface area (TPSA) is 52.7 Å². The van der Waals surface area contributed by atoms with Crippen molar-refractivity contribution in [3.63, 3.8) is 0 Å². The molecule has 80 valence electrons. The Balaban J connectivity index is 1.92. The maximum atomic E-state index is 4.28. The second-order valence-corrected chi connectivity index (χ2v) is 3.93. The highest BCUT2D eigenvalue weighted by Gasteiger charge is 2.25. The fourth-order valence-corrected chi connectivity index (χ4v) is 1.65. The van der Waals surface area contributed by atoms with Gasteiger partial charge in [-0.2, -0.15) is 0 Å². The van der Waals surface area contributed by atoms with Gasteiger partial charge in [0, 0.05) is 0 Å². The Morgan fingerprint density at radius 1 is 1.27 bits per heavy atom. The zero-order valence-corrected chi connectivity index (χ0v) is 9.09. The Bertz CT molecular complexity index is 351. The summed E-state index contributed by atoms with van der Waals surface area (Å²) in [4.78, 5) is 18.9. The van der Waals surface area contributed by atoms with Crippen LogP contribution < -0.4 is 0 Å². The number of hydrogen-bond acceptors (Lipinski definition) is 5. The van der Waals surface area contributed by atoms with Gasteiger partial charge < -0.3 is 4.90 Å². The van der Waals surface area contributed by atoms with Gasteiger partial charge in [-0.15, -0.1) is 0 Å². The van der Waals surface area contributed by atoms with Crippen LogP contribution >= 0.6 is 0 Å². The van der Waals surface area contributed by atoms with Gasteiger partial charge in [-0.05, 0) is 33.5 Å². The third-order valence-corrected chi connectivity index (χ3v) is 2.42. The van der Waals surface area contributed by atoms with Gasteiger partial charge in [0.2, 0.25) is 0 Å². The highest BCUT2D eigenvalue weighted by molar-refractivity contribution is 6.20. The average Bonchev–Trinajstić information content (AvgIpc) is 2.65. The van der Waals surface area contributed by atoms with Gasteiger partial charge in [0.25, 0.3) is 0 Å². The van der Waals surface area contributed by atoms with Crippen LogP contribution in [0.25, 0.3) is 0 Å². The Morgan fingerprint density at radius 3 is 2.93 bits per heavy atom. The molecule has 0 aliphatic carbocycles. The summed E-state index contributed by atoms with van der Waals surface area (Å²) in [7, 11) is 4.15. The van der Waals surface area contributed by atoms with Crippen molar-refractivity contribution in [3.05, 3.63) is 0 Å². The minimum Gasteiger partial charge on any atom is -0.309 e. The Labute approximate surface area is 89.4 Å². The lowest BCUT2D eigenvalue weighted by Gasteiger charge is -2.15. The molecule has 0 amide bonds. The van der Waals surface area contributed by atoms with E-state index in [4.69, 9.17) is 0 Å². The maximum Gasteiger partial charge on any atom is 0.162 e. The number of nitrogens with zero attached hydrogens (tertiary/aromatic N) is 5. The molecule has 0 radical (unpaired) electrons. The molecule has 5 nitrogen and oxygen atoms in total. The molecular formula is C10H15N5. The van der Waals surface area contributed by atoms with Crippen molar-refractivity contribution in [2.75, 3.05) is 20.6 Å².